The van der Waals surface area contributed by atoms with Crippen LogP contribution in [0.15, 0.2) is 34.4 Å². The zero-order valence-electron chi connectivity index (χ0n) is 18.2. The second-order valence-corrected chi connectivity index (χ2v) is 10.1. The molecule has 0 aliphatic carbocycles. The Kier molecular flexibility index (Phi) is 5.38. The normalized spacial score (nSPS) is 16.6. The molecule has 154 valence electrons. The van der Waals surface area contributed by atoms with Crippen LogP contribution in [0.4, 0.5) is 0 Å². The van der Waals surface area contributed by atoms with Crippen molar-refractivity contribution in [3.63, 3.8) is 0 Å². The van der Waals surface area contributed by atoms with Crippen molar-refractivity contribution in [2.24, 2.45) is 0 Å². The lowest BCUT2D eigenvalue weighted by Crippen LogP contribution is -2.37. The SMILES string of the molecule is CCc1nc2scc(-c3ccc(C(C)(C)C)cc3)c2c(=O)n1C1CCN(C)CC1. The van der Waals surface area contributed by atoms with Gasteiger partial charge in [0.2, 0.25) is 0 Å². The standard InChI is InChI=1S/C24H31N3OS/c1-6-20-25-22-21(23(28)27(20)18-11-13-26(5)14-12-18)19(15-29-22)16-7-9-17(10-8-16)24(2,3)4/h7-10,15,18H,6,11-14H2,1-5H3. The van der Waals surface area contributed by atoms with E-state index >= 15 is 0 Å². The van der Waals surface area contributed by atoms with E-state index in [1.165, 1.54) is 5.56 Å². The largest absolute Gasteiger partial charge is 0.306 e. The molecule has 3 aromatic rings. The number of rotatable bonds is 3. The highest BCUT2D eigenvalue weighted by molar-refractivity contribution is 7.17. The first kappa shape index (κ1) is 20.3. The summed E-state index contributed by atoms with van der Waals surface area (Å²) < 4.78 is 2.01. The highest BCUT2D eigenvalue weighted by Crippen LogP contribution is 2.34. The molecule has 0 bridgehead atoms. The minimum Gasteiger partial charge on any atom is -0.306 e. The molecule has 0 unspecified atom stereocenters. The Morgan fingerprint density at radius 3 is 2.38 bits per heavy atom. The fourth-order valence-corrected chi connectivity index (χ4v) is 5.24. The van der Waals surface area contributed by atoms with Crippen molar-refractivity contribution in [2.45, 2.75) is 58.4 Å². The Bertz CT molecular complexity index is 1060. The number of likely N-dealkylation sites (tertiary alicyclic amines) is 1. The van der Waals surface area contributed by atoms with E-state index in [0.717, 1.165) is 59.5 Å². The van der Waals surface area contributed by atoms with Crippen molar-refractivity contribution in [2.75, 3.05) is 20.1 Å². The van der Waals surface area contributed by atoms with Crippen LogP contribution in [-0.4, -0.2) is 34.6 Å². The smallest absolute Gasteiger partial charge is 0.263 e. The third kappa shape index (κ3) is 3.78. The summed E-state index contributed by atoms with van der Waals surface area (Å²) in [5, 5.41) is 2.89. The second kappa shape index (κ2) is 7.69. The summed E-state index contributed by atoms with van der Waals surface area (Å²) in [4.78, 5) is 21.8. The van der Waals surface area contributed by atoms with E-state index in [2.05, 4.69) is 69.3 Å². The van der Waals surface area contributed by atoms with Crippen LogP contribution >= 0.6 is 11.3 Å². The topological polar surface area (TPSA) is 38.1 Å². The quantitative estimate of drug-likeness (QED) is 0.593. The Hall–Kier alpha value is -1.98. The second-order valence-electron chi connectivity index (χ2n) is 9.25. The van der Waals surface area contributed by atoms with Gasteiger partial charge in [0.25, 0.3) is 5.56 Å². The first-order valence-corrected chi connectivity index (χ1v) is 11.5. The number of nitrogens with zero attached hydrogens (tertiary/aromatic N) is 3. The Morgan fingerprint density at radius 1 is 1.14 bits per heavy atom. The first-order chi connectivity index (χ1) is 13.8. The van der Waals surface area contributed by atoms with Crippen molar-refractivity contribution in [3.8, 4) is 11.1 Å². The molecule has 0 amide bonds. The number of hydrogen-bond acceptors (Lipinski definition) is 4. The van der Waals surface area contributed by atoms with Gasteiger partial charge in [0, 0.05) is 23.4 Å². The highest BCUT2D eigenvalue weighted by Gasteiger charge is 2.24. The van der Waals surface area contributed by atoms with Gasteiger partial charge in [-0.25, -0.2) is 4.98 Å². The Labute approximate surface area is 177 Å². The molecule has 1 fully saturated rings. The van der Waals surface area contributed by atoms with Crippen LogP contribution in [-0.2, 0) is 11.8 Å². The van der Waals surface area contributed by atoms with Crippen LogP contribution in [0.1, 0.15) is 58.0 Å². The van der Waals surface area contributed by atoms with Gasteiger partial charge in [-0.1, -0.05) is 52.0 Å². The number of benzene rings is 1. The molecule has 2 aromatic heterocycles. The maximum absolute atomic E-state index is 13.7. The molecule has 0 radical (unpaired) electrons. The van der Waals surface area contributed by atoms with Gasteiger partial charge < -0.3 is 4.90 Å². The van der Waals surface area contributed by atoms with E-state index in [9.17, 15) is 4.79 Å². The van der Waals surface area contributed by atoms with Gasteiger partial charge in [0.15, 0.2) is 0 Å². The van der Waals surface area contributed by atoms with Crippen molar-refractivity contribution in [1.29, 1.82) is 0 Å². The van der Waals surface area contributed by atoms with Crippen molar-refractivity contribution >= 4 is 21.6 Å². The van der Waals surface area contributed by atoms with Gasteiger partial charge in [-0.05, 0) is 49.5 Å². The Balaban J connectivity index is 1.83. The van der Waals surface area contributed by atoms with Gasteiger partial charge in [-0.2, -0.15) is 0 Å². The molecular weight excluding hydrogens is 378 g/mol. The van der Waals surface area contributed by atoms with Gasteiger partial charge in [0.05, 0.1) is 5.39 Å². The molecular formula is C24H31N3OS. The van der Waals surface area contributed by atoms with E-state index in [1.807, 2.05) is 4.57 Å². The predicted molar refractivity (Wildman–Crippen MR) is 123 cm³/mol. The third-order valence-electron chi connectivity index (χ3n) is 6.14. The molecule has 0 spiro atoms. The number of piperidine rings is 1. The fourth-order valence-electron chi connectivity index (χ4n) is 4.29. The summed E-state index contributed by atoms with van der Waals surface area (Å²) in [6, 6.07) is 8.91. The van der Waals surface area contributed by atoms with E-state index in [1.54, 1.807) is 11.3 Å². The minimum absolute atomic E-state index is 0.119. The van der Waals surface area contributed by atoms with Crippen LogP contribution in [0, 0.1) is 0 Å². The van der Waals surface area contributed by atoms with Crippen LogP contribution in [0.25, 0.3) is 21.3 Å². The zero-order valence-corrected chi connectivity index (χ0v) is 19.0. The zero-order chi connectivity index (χ0) is 20.8. The lowest BCUT2D eigenvalue weighted by atomic mass is 9.86. The van der Waals surface area contributed by atoms with Gasteiger partial charge >= 0.3 is 0 Å². The van der Waals surface area contributed by atoms with Crippen LogP contribution in [0.2, 0.25) is 0 Å². The number of thiophene rings is 1. The molecule has 3 heterocycles. The summed E-state index contributed by atoms with van der Waals surface area (Å²) in [6.45, 7) is 10.8. The summed E-state index contributed by atoms with van der Waals surface area (Å²) in [6.07, 6.45) is 2.80. The minimum atomic E-state index is 0.119. The van der Waals surface area contributed by atoms with Gasteiger partial charge in [-0.15, -0.1) is 11.3 Å². The average molecular weight is 410 g/mol. The monoisotopic (exact) mass is 409 g/mol. The van der Waals surface area contributed by atoms with Crippen molar-refractivity contribution in [1.82, 2.24) is 14.5 Å². The lowest BCUT2D eigenvalue weighted by molar-refractivity contribution is 0.216. The molecule has 1 saturated heterocycles. The molecule has 4 rings (SSSR count). The highest BCUT2D eigenvalue weighted by atomic mass is 32.1. The summed E-state index contributed by atoms with van der Waals surface area (Å²) in [7, 11) is 2.15. The third-order valence-corrected chi connectivity index (χ3v) is 7.02. The molecule has 5 heteroatoms. The summed E-state index contributed by atoms with van der Waals surface area (Å²) in [5.41, 5.74) is 3.68. The Morgan fingerprint density at radius 2 is 1.79 bits per heavy atom. The van der Waals surface area contributed by atoms with Crippen LogP contribution in [0.3, 0.4) is 0 Å². The molecule has 1 aliphatic heterocycles. The van der Waals surface area contributed by atoms with Gasteiger partial charge in [-0.3, -0.25) is 9.36 Å². The number of hydrogen-bond donors (Lipinski definition) is 0. The van der Waals surface area contributed by atoms with E-state index in [4.69, 9.17) is 4.98 Å². The van der Waals surface area contributed by atoms with E-state index in [-0.39, 0.29) is 17.0 Å². The number of aromatic nitrogens is 2. The van der Waals surface area contributed by atoms with Crippen LogP contribution < -0.4 is 5.56 Å². The predicted octanol–water partition coefficient (Wildman–Crippen LogP) is 5.25. The summed E-state index contributed by atoms with van der Waals surface area (Å²) >= 11 is 1.59. The van der Waals surface area contributed by atoms with Crippen LogP contribution in [0.5, 0.6) is 0 Å². The van der Waals surface area contributed by atoms with Gasteiger partial charge in [0.1, 0.15) is 10.7 Å². The molecule has 0 N–H and O–H groups in total. The average Bonchev–Trinajstić information content (AvgIpc) is 3.12. The lowest BCUT2D eigenvalue weighted by Gasteiger charge is -2.31. The number of aryl methyl sites for hydroxylation is 1. The van der Waals surface area contributed by atoms with Crippen molar-refractivity contribution < 1.29 is 0 Å². The molecule has 0 saturated carbocycles. The first-order valence-electron chi connectivity index (χ1n) is 10.6. The maximum atomic E-state index is 13.7. The molecule has 1 aliphatic rings. The summed E-state index contributed by atoms with van der Waals surface area (Å²) in [5.74, 6) is 0.925. The van der Waals surface area contributed by atoms with E-state index < -0.39 is 0 Å². The van der Waals surface area contributed by atoms with E-state index in [0.29, 0.717) is 0 Å². The maximum Gasteiger partial charge on any atom is 0.263 e. The fraction of sp³-hybridized carbons (Fsp3) is 0.500. The molecule has 1 aromatic carbocycles. The van der Waals surface area contributed by atoms with Crippen molar-refractivity contribution in [3.05, 3.63) is 51.4 Å². The molecule has 0 atom stereocenters. The molecule has 4 nitrogen and oxygen atoms in total. The molecule has 29 heavy (non-hydrogen) atoms. The number of fused-ring (bicyclic) bond motifs is 1.